The summed E-state index contributed by atoms with van der Waals surface area (Å²) >= 11 is 0. The molecule has 27 heavy (non-hydrogen) atoms. The monoisotopic (exact) mass is 360 g/mol. The first-order chi connectivity index (χ1) is 13.0. The second kappa shape index (κ2) is 7.58. The summed E-state index contributed by atoms with van der Waals surface area (Å²) in [4.78, 5) is 24.2. The number of carbonyl (C=O) groups is 2. The fraction of sp³-hybridized carbons (Fsp3) is 0.0952. The van der Waals surface area contributed by atoms with E-state index in [0.29, 0.717) is 17.1 Å². The van der Waals surface area contributed by atoms with Gasteiger partial charge in [0.1, 0.15) is 28.9 Å². The summed E-state index contributed by atoms with van der Waals surface area (Å²) in [5.41, 5.74) is 0.518. The molecule has 0 aliphatic carbocycles. The van der Waals surface area contributed by atoms with Gasteiger partial charge < -0.3 is 9.15 Å². The Hall–Kier alpha value is -3.85. The van der Waals surface area contributed by atoms with E-state index in [1.807, 2.05) is 24.3 Å². The van der Waals surface area contributed by atoms with Gasteiger partial charge in [-0.2, -0.15) is 5.26 Å². The third-order valence-electron chi connectivity index (χ3n) is 3.85. The molecule has 0 saturated heterocycles. The molecule has 1 aromatic heterocycles. The summed E-state index contributed by atoms with van der Waals surface area (Å²) < 4.78 is 11.1. The lowest BCUT2D eigenvalue weighted by Gasteiger charge is -2.07. The number of para-hydroxylation sites is 1. The van der Waals surface area contributed by atoms with Gasteiger partial charge in [-0.3, -0.25) is 14.9 Å². The first-order valence-corrected chi connectivity index (χ1v) is 8.18. The number of Topliss-reactive ketones (excluding diaryl/α,β-unsaturated/α-hetero) is 1. The number of hydrogen-bond donors (Lipinski definition) is 1. The smallest absolute Gasteiger partial charge is 0.258 e. The van der Waals surface area contributed by atoms with Gasteiger partial charge >= 0.3 is 0 Å². The molecule has 6 nitrogen and oxygen atoms in total. The van der Waals surface area contributed by atoms with Crippen molar-refractivity contribution in [3.8, 4) is 17.6 Å². The van der Waals surface area contributed by atoms with E-state index in [1.54, 1.807) is 43.3 Å². The van der Waals surface area contributed by atoms with Gasteiger partial charge in [-0.05, 0) is 44.2 Å². The third-order valence-corrected chi connectivity index (χ3v) is 3.85. The number of aryl methyl sites for hydroxylation is 1. The number of nitrogens with zero attached hydrogens (tertiary/aromatic N) is 1. The minimum absolute atomic E-state index is 0.0186. The molecule has 0 aliphatic heterocycles. The van der Waals surface area contributed by atoms with Crippen LogP contribution in [0.2, 0.25) is 0 Å². The summed E-state index contributed by atoms with van der Waals surface area (Å²) in [6, 6.07) is 17.7. The zero-order chi connectivity index (χ0) is 19.4. The first kappa shape index (κ1) is 18.0. The van der Waals surface area contributed by atoms with E-state index in [0.717, 1.165) is 0 Å². The standard InChI is InChI=1S/C21H16N2O4/c1-13(24)19-14(2)26-21(18(19)12-22)23-20(25)15-7-6-10-17(11-15)27-16-8-4-3-5-9-16/h3-11H,1-2H3,(H,23,25). The normalized spacial score (nSPS) is 10.1. The zero-order valence-corrected chi connectivity index (χ0v) is 14.8. The third kappa shape index (κ3) is 3.88. The molecule has 0 radical (unpaired) electrons. The van der Waals surface area contributed by atoms with Gasteiger partial charge in [0.05, 0.1) is 5.56 Å². The second-order valence-electron chi connectivity index (χ2n) is 5.80. The van der Waals surface area contributed by atoms with E-state index in [9.17, 15) is 14.9 Å². The van der Waals surface area contributed by atoms with Gasteiger partial charge in [0.2, 0.25) is 5.88 Å². The molecule has 0 saturated carbocycles. The summed E-state index contributed by atoms with van der Waals surface area (Å²) in [6.07, 6.45) is 0. The average Bonchev–Trinajstić information content (AvgIpc) is 2.97. The van der Waals surface area contributed by atoms with E-state index in [4.69, 9.17) is 9.15 Å². The number of carbonyl (C=O) groups excluding carboxylic acids is 2. The minimum atomic E-state index is -0.478. The molecule has 1 amide bonds. The number of ketones is 1. The van der Waals surface area contributed by atoms with Crippen LogP contribution in [0.25, 0.3) is 0 Å². The van der Waals surface area contributed by atoms with Crippen LogP contribution in [0.1, 0.15) is 39.0 Å². The number of nitrogens with one attached hydrogen (secondary N) is 1. The van der Waals surface area contributed by atoms with Crippen molar-refractivity contribution in [2.24, 2.45) is 0 Å². The maximum absolute atomic E-state index is 12.6. The molecule has 3 rings (SSSR count). The molecule has 1 N–H and O–H groups in total. The van der Waals surface area contributed by atoms with Gasteiger partial charge in [-0.15, -0.1) is 0 Å². The number of ether oxygens (including phenoxy) is 1. The van der Waals surface area contributed by atoms with Crippen molar-refractivity contribution >= 4 is 17.6 Å². The number of benzene rings is 2. The predicted molar refractivity (Wildman–Crippen MR) is 99.1 cm³/mol. The average molecular weight is 360 g/mol. The van der Waals surface area contributed by atoms with Gasteiger partial charge in [-0.1, -0.05) is 24.3 Å². The predicted octanol–water partition coefficient (Wildman–Crippen LogP) is 4.71. The Morgan fingerprint density at radius 2 is 1.78 bits per heavy atom. The van der Waals surface area contributed by atoms with Crippen LogP contribution in [0.15, 0.2) is 59.0 Å². The Labute approximate surface area is 156 Å². The number of anilines is 1. The van der Waals surface area contributed by atoms with Gasteiger partial charge in [0.25, 0.3) is 5.91 Å². The van der Waals surface area contributed by atoms with E-state index >= 15 is 0 Å². The molecule has 0 fully saturated rings. The number of rotatable bonds is 5. The van der Waals surface area contributed by atoms with Crippen LogP contribution in [0.5, 0.6) is 11.5 Å². The van der Waals surface area contributed by atoms with E-state index in [1.165, 1.54) is 6.92 Å². The molecule has 0 bridgehead atoms. The molecule has 1 heterocycles. The Kier molecular flexibility index (Phi) is 5.04. The van der Waals surface area contributed by atoms with E-state index in [-0.39, 0.29) is 28.6 Å². The maximum atomic E-state index is 12.6. The topological polar surface area (TPSA) is 92.3 Å². The minimum Gasteiger partial charge on any atom is -0.457 e. The summed E-state index contributed by atoms with van der Waals surface area (Å²) in [6.45, 7) is 2.91. The van der Waals surface area contributed by atoms with Crippen molar-refractivity contribution in [2.75, 3.05) is 5.32 Å². The number of nitriles is 1. The van der Waals surface area contributed by atoms with E-state index < -0.39 is 5.91 Å². The lowest BCUT2D eigenvalue weighted by atomic mass is 10.1. The van der Waals surface area contributed by atoms with Gasteiger partial charge in [-0.25, -0.2) is 0 Å². The summed E-state index contributed by atoms with van der Waals surface area (Å²) in [5.74, 6) is 0.611. The SMILES string of the molecule is CC(=O)c1c(C)oc(NC(=O)c2cccc(Oc3ccccc3)c2)c1C#N. The Bertz CT molecular complexity index is 1050. The van der Waals surface area contributed by atoms with Crippen LogP contribution in [-0.4, -0.2) is 11.7 Å². The van der Waals surface area contributed by atoms with Crippen molar-refractivity contribution < 1.29 is 18.7 Å². The Morgan fingerprint density at radius 1 is 1.07 bits per heavy atom. The van der Waals surface area contributed by atoms with Crippen molar-refractivity contribution in [3.05, 3.63) is 77.0 Å². The second-order valence-corrected chi connectivity index (χ2v) is 5.80. The lowest BCUT2D eigenvalue weighted by molar-refractivity contribution is 0.101. The Balaban J connectivity index is 1.83. The molecule has 0 spiro atoms. The molecule has 6 heteroatoms. The lowest BCUT2D eigenvalue weighted by Crippen LogP contribution is -2.12. The highest BCUT2D eigenvalue weighted by Gasteiger charge is 2.22. The fourth-order valence-corrected chi connectivity index (χ4v) is 2.66. The quantitative estimate of drug-likeness (QED) is 0.665. The molecule has 0 atom stereocenters. The fourth-order valence-electron chi connectivity index (χ4n) is 2.66. The van der Waals surface area contributed by atoms with Crippen molar-refractivity contribution in [1.29, 1.82) is 5.26 Å². The molecule has 2 aromatic carbocycles. The molecular weight excluding hydrogens is 344 g/mol. The van der Waals surface area contributed by atoms with Crippen LogP contribution < -0.4 is 10.1 Å². The first-order valence-electron chi connectivity index (χ1n) is 8.18. The highest BCUT2D eigenvalue weighted by molar-refractivity contribution is 6.06. The number of hydrogen-bond acceptors (Lipinski definition) is 5. The number of furan rings is 1. The summed E-state index contributed by atoms with van der Waals surface area (Å²) in [5, 5.41) is 11.9. The molecule has 0 aliphatic rings. The highest BCUT2D eigenvalue weighted by Crippen LogP contribution is 2.28. The van der Waals surface area contributed by atoms with Crippen molar-refractivity contribution in [3.63, 3.8) is 0 Å². The van der Waals surface area contributed by atoms with Crippen LogP contribution in [0, 0.1) is 18.3 Å². The van der Waals surface area contributed by atoms with Crippen LogP contribution in [0.3, 0.4) is 0 Å². The van der Waals surface area contributed by atoms with Gasteiger partial charge in [0.15, 0.2) is 5.78 Å². The van der Waals surface area contributed by atoms with E-state index in [2.05, 4.69) is 5.32 Å². The van der Waals surface area contributed by atoms with Crippen LogP contribution in [-0.2, 0) is 0 Å². The highest BCUT2D eigenvalue weighted by atomic mass is 16.5. The molecular formula is C21H16N2O4. The largest absolute Gasteiger partial charge is 0.457 e. The molecule has 134 valence electrons. The zero-order valence-electron chi connectivity index (χ0n) is 14.8. The van der Waals surface area contributed by atoms with Crippen molar-refractivity contribution in [2.45, 2.75) is 13.8 Å². The number of amides is 1. The van der Waals surface area contributed by atoms with Crippen LogP contribution >= 0.6 is 0 Å². The van der Waals surface area contributed by atoms with Gasteiger partial charge in [0, 0.05) is 5.56 Å². The molecule has 3 aromatic rings. The van der Waals surface area contributed by atoms with Crippen LogP contribution in [0.4, 0.5) is 5.88 Å². The Morgan fingerprint density at radius 3 is 2.44 bits per heavy atom. The van der Waals surface area contributed by atoms with Crippen molar-refractivity contribution in [1.82, 2.24) is 0 Å². The molecule has 0 unspecified atom stereocenters. The maximum Gasteiger partial charge on any atom is 0.258 e. The summed E-state index contributed by atoms with van der Waals surface area (Å²) in [7, 11) is 0.